The van der Waals surface area contributed by atoms with Gasteiger partial charge >= 0.3 is 11.8 Å². The first-order chi connectivity index (χ1) is 18.1. The van der Waals surface area contributed by atoms with Gasteiger partial charge in [0.05, 0.1) is 46.7 Å². The molecular formula is C27H35N7O3Si. The Balaban J connectivity index is 1.55. The number of nitriles is 1. The number of carbonyl (C=O) groups is 2. The van der Waals surface area contributed by atoms with Crippen LogP contribution < -0.4 is 11.1 Å². The predicted octanol–water partition coefficient (Wildman–Crippen LogP) is 4.14. The number of piperidine rings is 1. The van der Waals surface area contributed by atoms with Crippen molar-refractivity contribution in [2.24, 2.45) is 5.92 Å². The molecular weight excluding hydrogens is 498 g/mol. The number of carbonyl (C=O) groups excluding carboxylic acids is 2. The van der Waals surface area contributed by atoms with Crippen molar-refractivity contribution in [3.63, 3.8) is 0 Å². The summed E-state index contributed by atoms with van der Waals surface area (Å²) in [6.07, 6.45) is 4.66. The van der Waals surface area contributed by atoms with Gasteiger partial charge in [-0.05, 0) is 42.5 Å². The highest BCUT2D eigenvalue weighted by Gasteiger charge is 2.34. The van der Waals surface area contributed by atoms with Gasteiger partial charge in [-0.15, -0.1) is 0 Å². The van der Waals surface area contributed by atoms with Crippen LogP contribution in [0, 0.1) is 17.2 Å². The number of nitrogens with zero attached hydrogens (tertiary/aromatic N) is 5. The van der Waals surface area contributed by atoms with Crippen LogP contribution >= 0.6 is 0 Å². The monoisotopic (exact) mass is 533 g/mol. The zero-order valence-corrected chi connectivity index (χ0v) is 23.4. The number of hydrogen-bond acceptors (Lipinski definition) is 7. The number of nitrogens with two attached hydrogens (primary N) is 1. The van der Waals surface area contributed by atoms with Gasteiger partial charge in [0.1, 0.15) is 12.5 Å². The summed E-state index contributed by atoms with van der Waals surface area (Å²) in [6.45, 7) is 10.2. The number of nitrogens with one attached hydrogen (secondary N) is 1. The second kappa shape index (κ2) is 11.3. The normalized spacial score (nSPS) is 17.8. The average Bonchev–Trinajstić information content (AvgIpc) is 3.32. The summed E-state index contributed by atoms with van der Waals surface area (Å²) in [5, 5.41) is 17.0. The lowest BCUT2D eigenvalue weighted by molar-refractivity contribution is -0.146. The molecule has 0 aliphatic carbocycles. The summed E-state index contributed by atoms with van der Waals surface area (Å²) in [4.78, 5) is 32.6. The molecule has 0 unspecified atom stereocenters. The Labute approximate surface area is 223 Å². The van der Waals surface area contributed by atoms with E-state index in [1.807, 2.05) is 6.07 Å². The Hall–Kier alpha value is -3.75. The molecule has 2 atom stereocenters. The van der Waals surface area contributed by atoms with Crippen LogP contribution in [0.5, 0.6) is 0 Å². The lowest BCUT2D eigenvalue weighted by atomic mass is 9.89. The number of benzene rings is 1. The Morgan fingerprint density at radius 1 is 1.26 bits per heavy atom. The van der Waals surface area contributed by atoms with E-state index in [0.717, 1.165) is 18.0 Å². The molecule has 3 aromatic rings. The number of fused-ring (bicyclic) bond motifs is 1. The minimum absolute atomic E-state index is 0.190. The maximum atomic E-state index is 13.5. The number of nitrogen functional groups attached to an aromatic ring is 1. The fourth-order valence-corrected chi connectivity index (χ4v) is 5.44. The number of ether oxygens (including phenoxy) is 1. The van der Waals surface area contributed by atoms with Gasteiger partial charge in [-0.2, -0.15) is 10.4 Å². The van der Waals surface area contributed by atoms with E-state index < -0.39 is 19.9 Å². The molecule has 200 valence electrons. The first-order valence-corrected chi connectivity index (χ1v) is 16.6. The van der Waals surface area contributed by atoms with E-state index >= 15 is 0 Å². The van der Waals surface area contributed by atoms with Crippen molar-refractivity contribution in [1.29, 1.82) is 5.26 Å². The largest absolute Gasteiger partial charge is 0.383 e. The molecule has 38 heavy (non-hydrogen) atoms. The lowest BCUT2D eigenvalue weighted by Crippen LogP contribution is -2.46. The van der Waals surface area contributed by atoms with E-state index in [9.17, 15) is 14.9 Å². The second-order valence-corrected chi connectivity index (χ2v) is 16.8. The van der Waals surface area contributed by atoms with Crippen LogP contribution in [-0.2, 0) is 21.1 Å². The van der Waals surface area contributed by atoms with Gasteiger partial charge in [0.2, 0.25) is 0 Å². The molecule has 0 saturated carbocycles. The van der Waals surface area contributed by atoms with E-state index in [1.54, 1.807) is 34.0 Å². The zero-order valence-electron chi connectivity index (χ0n) is 22.4. The molecule has 1 saturated heterocycles. The number of anilines is 2. The Morgan fingerprint density at radius 2 is 2.05 bits per heavy atom. The number of likely N-dealkylation sites (tertiary alicyclic amines) is 1. The highest BCUT2D eigenvalue weighted by molar-refractivity contribution is 6.76. The van der Waals surface area contributed by atoms with Crippen molar-refractivity contribution in [1.82, 2.24) is 19.7 Å². The van der Waals surface area contributed by atoms with Crippen molar-refractivity contribution in [2.75, 3.05) is 24.2 Å². The van der Waals surface area contributed by atoms with Crippen LogP contribution in [0.3, 0.4) is 0 Å². The summed E-state index contributed by atoms with van der Waals surface area (Å²) >= 11 is 0. The SMILES string of the molecule is C[C@H]1CC[C@H](c2cccc(C#N)c2)N(C(=O)C(=O)Nc2cnc(N)c3cnn(COCC[Si](C)(C)C)c23)C1. The molecule has 1 aliphatic rings. The highest BCUT2D eigenvalue weighted by atomic mass is 28.3. The lowest BCUT2D eigenvalue weighted by Gasteiger charge is -2.38. The number of rotatable bonds is 7. The molecule has 1 fully saturated rings. The summed E-state index contributed by atoms with van der Waals surface area (Å²) in [5.41, 5.74) is 8.33. The summed E-state index contributed by atoms with van der Waals surface area (Å²) in [6, 6.07) is 10.1. The van der Waals surface area contributed by atoms with Crippen LogP contribution in [0.2, 0.25) is 25.7 Å². The molecule has 0 bridgehead atoms. The molecule has 2 aromatic heterocycles. The molecule has 3 heterocycles. The van der Waals surface area contributed by atoms with Gasteiger partial charge in [0, 0.05) is 21.2 Å². The zero-order chi connectivity index (χ0) is 27.4. The maximum Gasteiger partial charge on any atom is 0.314 e. The van der Waals surface area contributed by atoms with Gasteiger partial charge < -0.3 is 20.7 Å². The minimum Gasteiger partial charge on any atom is -0.383 e. The smallest absolute Gasteiger partial charge is 0.314 e. The van der Waals surface area contributed by atoms with Crippen molar-refractivity contribution >= 4 is 42.3 Å². The molecule has 1 aliphatic heterocycles. The van der Waals surface area contributed by atoms with E-state index in [1.165, 1.54) is 6.20 Å². The fraction of sp³-hybridized carbons (Fsp3) is 0.444. The average molecular weight is 534 g/mol. The molecule has 0 spiro atoms. The Bertz CT molecular complexity index is 1380. The van der Waals surface area contributed by atoms with Crippen LogP contribution in [0.15, 0.2) is 36.7 Å². The van der Waals surface area contributed by atoms with Crippen molar-refractivity contribution in [3.05, 3.63) is 47.8 Å². The standard InChI is InChI=1S/C27H35N7O3Si/c1-18-8-9-23(20-7-5-6-19(12-20)13-28)33(16-18)27(36)26(35)32-22-15-30-25(29)21-14-31-34(24(21)22)17-37-10-11-38(2,3)4/h5-7,12,14-15,18,23H,8-11,16-17H2,1-4H3,(H2,29,30)(H,32,35)/t18-,23+/m0/s1. The summed E-state index contributed by atoms with van der Waals surface area (Å²) in [7, 11) is -1.24. The number of hydrogen-bond donors (Lipinski definition) is 2. The van der Waals surface area contributed by atoms with Crippen LogP contribution in [0.1, 0.15) is 36.9 Å². The molecule has 11 heteroatoms. The molecule has 10 nitrogen and oxygen atoms in total. The second-order valence-electron chi connectivity index (χ2n) is 11.2. The third-order valence-corrected chi connectivity index (χ3v) is 8.54. The number of pyridine rings is 1. The summed E-state index contributed by atoms with van der Waals surface area (Å²) in [5.74, 6) is -0.867. The third-order valence-electron chi connectivity index (χ3n) is 6.83. The number of amides is 2. The minimum atomic E-state index is -1.24. The van der Waals surface area contributed by atoms with E-state index in [4.69, 9.17) is 10.5 Å². The quantitative estimate of drug-likeness (QED) is 0.264. The van der Waals surface area contributed by atoms with Crippen molar-refractivity contribution in [2.45, 2.75) is 58.2 Å². The predicted molar refractivity (Wildman–Crippen MR) is 149 cm³/mol. The molecule has 0 radical (unpaired) electrons. The van der Waals surface area contributed by atoms with Gasteiger partial charge in [0.15, 0.2) is 0 Å². The van der Waals surface area contributed by atoms with E-state index in [-0.39, 0.29) is 24.5 Å². The Kier molecular flexibility index (Phi) is 8.13. The molecule has 3 N–H and O–H groups in total. The molecule has 1 aromatic carbocycles. The van der Waals surface area contributed by atoms with Crippen LogP contribution in [0.4, 0.5) is 11.5 Å². The van der Waals surface area contributed by atoms with Crippen molar-refractivity contribution in [3.8, 4) is 6.07 Å². The third kappa shape index (κ3) is 6.20. The first kappa shape index (κ1) is 27.3. The number of aromatic nitrogens is 3. The summed E-state index contributed by atoms with van der Waals surface area (Å²) < 4.78 is 7.48. The van der Waals surface area contributed by atoms with Crippen LogP contribution in [0.25, 0.3) is 10.9 Å². The fourth-order valence-electron chi connectivity index (χ4n) is 4.69. The maximum absolute atomic E-state index is 13.5. The van der Waals surface area contributed by atoms with E-state index in [2.05, 4.69) is 48.0 Å². The topological polar surface area (TPSA) is 139 Å². The van der Waals surface area contributed by atoms with Gasteiger partial charge in [-0.1, -0.05) is 38.7 Å². The Morgan fingerprint density at radius 3 is 2.79 bits per heavy atom. The van der Waals surface area contributed by atoms with Crippen molar-refractivity contribution < 1.29 is 14.3 Å². The molecule has 4 rings (SSSR count). The first-order valence-electron chi connectivity index (χ1n) is 12.9. The van der Waals surface area contributed by atoms with Gasteiger partial charge in [-0.3, -0.25) is 9.59 Å². The highest BCUT2D eigenvalue weighted by Crippen LogP contribution is 2.34. The van der Waals surface area contributed by atoms with E-state index in [0.29, 0.717) is 41.7 Å². The molecule has 2 amide bonds. The van der Waals surface area contributed by atoms with Crippen LogP contribution in [-0.4, -0.2) is 52.7 Å². The van der Waals surface area contributed by atoms with Gasteiger partial charge in [0.25, 0.3) is 0 Å². The van der Waals surface area contributed by atoms with Gasteiger partial charge in [-0.25, -0.2) is 9.67 Å².